The molecule has 26 heteroatoms. The molecular formula is C96H123N15O11. The topological polar surface area (TPSA) is 286 Å². The van der Waals surface area contributed by atoms with Crippen LogP contribution >= 0.6 is 0 Å². The van der Waals surface area contributed by atoms with Gasteiger partial charge < -0.3 is 59.6 Å². The number of hydrogen-bond donors (Lipinski definition) is 6. The van der Waals surface area contributed by atoms with Gasteiger partial charge in [-0.1, -0.05) is 99.7 Å². The van der Waals surface area contributed by atoms with Crippen molar-refractivity contribution in [2.24, 2.45) is 5.92 Å². The second kappa shape index (κ2) is 42.8. The minimum atomic E-state index is -0.423. The summed E-state index contributed by atoms with van der Waals surface area (Å²) in [6, 6.07) is 38.4. The molecule has 3 amide bonds. The fourth-order valence-electron chi connectivity index (χ4n) is 17.0. The van der Waals surface area contributed by atoms with E-state index in [-0.39, 0.29) is 65.0 Å². The number of anilines is 2. The smallest absolute Gasteiger partial charge is 0.415 e. The normalized spacial score (nSPS) is 18.1. The van der Waals surface area contributed by atoms with E-state index in [1.165, 1.54) is 36.4 Å². The molecule has 15 rings (SSSR count). The average molecular weight is 1660 g/mol. The van der Waals surface area contributed by atoms with E-state index in [1.54, 1.807) is 102 Å². The van der Waals surface area contributed by atoms with Crippen LogP contribution in [0, 0.1) is 5.92 Å². The van der Waals surface area contributed by atoms with Crippen molar-refractivity contribution in [1.29, 1.82) is 0 Å². The first-order chi connectivity index (χ1) is 58.9. The lowest BCUT2D eigenvalue weighted by Gasteiger charge is -2.28. The number of nitrogens with zero attached hydrogens (tertiary/aromatic N) is 14. The number of aromatic nitrogens is 10. The third-order valence-corrected chi connectivity index (χ3v) is 22.9. The summed E-state index contributed by atoms with van der Waals surface area (Å²) in [4.78, 5) is 34.1. The molecule has 0 saturated carbocycles. The van der Waals surface area contributed by atoms with Gasteiger partial charge in [-0.3, -0.25) is 28.5 Å². The van der Waals surface area contributed by atoms with Crippen LogP contribution in [-0.4, -0.2) is 166 Å². The largest absolute Gasteiger partial charge is 0.507 e. The maximum Gasteiger partial charge on any atom is 0.415 e. The zero-order chi connectivity index (χ0) is 87.3. The summed E-state index contributed by atoms with van der Waals surface area (Å²) in [6.07, 6.45) is 26.0. The van der Waals surface area contributed by atoms with Gasteiger partial charge in [-0.25, -0.2) is 14.3 Å². The molecule has 0 spiro atoms. The van der Waals surface area contributed by atoms with Crippen LogP contribution in [0.15, 0.2) is 185 Å². The molecule has 122 heavy (non-hydrogen) atoms. The molecule has 5 saturated heterocycles. The highest BCUT2D eigenvalue weighted by Gasteiger charge is 2.38. The second-order valence-corrected chi connectivity index (χ2v) is 32.5. The number of benzene rings is 5. The monoisotopic (exact) mass is 1660 g/mol. The van der Waals surface area contributed by atoms with Crippen LogP contribution in [0.25, 0.3) is 30.4 Å². The minimum absolute atomic E-state index is 0.00869. The fraction of sp³-hybridized carbons (Fsp3) is 0.406. The summed E-state index contributed by atoms with van der Waals surface area (Å²) in [5, 5.41) is 74.6. The molecule has 5 aliphatic heterocycles. The number of nitrogens with one attached hydrogen (secondary N) is 1. The van der Waals surface area contributed by atoms with Crippen LogP contribution in [0.5, 0.6) is 46.0 Å². The molecule has 6 unspecified atom stereocenters. The van der Waals surface area contributed by atoms with Crippen LogP contribution in [0.2, 0.25) is 0 Å². The van der Waals surface area contributed by atoms with Gasteiger partial charge >= 0.3 is 12.1 Å². The average Bonchev–Trinajstić information content (AvgIpc) is 1.70. The standard InChI is InChI=1S/C20H27N3O.C19H24N4O2.C19H23N3O3.C19H25N3O2.C19H24N2O3/c1-4-17-16(7-5-9-20(17)24)11-14-22-13-6-8-18(22)19-10-12-21-23(19)15(2)3;1-4-14-15(7-5-9-18(14)24)21-19(25)22-12-6-8-16(22)17-10-11-20-23(17)13(2)3;1-4-14-17(23)8-5-9-18(14)25-19(24)21-12-6-7-15(21)16-10-11-20-22(16)13(2)3;1-4-16-17(23)8-5-9-18(16)24-13-15-7-6-12-21(15)19-10-11-20-22(19)14(2)3;1-4-15-18(22)6-5-7-19(15)24-11-14-10-23-12-16(14)17-8-9-20-21(17)13(2)3/h4-5,7,9-10,12,15,18,24H,1,6,8,11,13-14H2,2-3H3;4-5,7,9-11,13,16,24H,1,6,8,12H2,2-3H3,(H,21,25);4-5,8-11,13,15,23H,1,6-7,12H2,2-3H3;4-5,8-11,14-15,23H,1,6-7,12-13H2,2-3H3;4-9,13-14,16,22H,1,10-12H2,2-3H3. The molecule has 5 fully saturated rings. The molecule has 648 valence electrons. The van der Waals surface area contributed by atoms with E-state index in [1.807, 2.05) is 63.2 Å². The highest BCUT2D eigenvalue weighted by molar-refractivity contribution is 5.93. The molecular weight excluding hydrogens is 1540 g/mol. The molecule has 6 N–H and O–H groups in total. The van der Waals surface area contributed by atoms with Crippen molar-refractivity contribution >= 4 is 54.0 Å². The van der Waals surface area contributed by atoms with E-state index in [0.29, 0.717) is 121 Å². The van der Waals surface area contributed by atoms with Crippen LogP contribution in [0.4, 0.5) is 21.1 Å². The molecule has 6 atom stereocenters. The predicted octanol–water partition coefficient (Wildman–Crippen LogP) is 20.0. The summed E-state index contributed by atoms with van der Waals surface area (Å²) in [6.45, 7) is 46.8. The van der Waals surface area contributed by atoms with Gasteiger partial charge in [0.05, 0.1) is 89.6 Å². The van der Waals surface area contributed by atoms with Crippen molar-refractivity contribution < 1.29 is 54.1 Å². The molecule has 10 heterocycles. The van der Waals surface area contributed by atoms with Gasteiger partial charge in [0, 0.05) is 116 Å². The number of aromatic hydroxyl groups is 5. The minimum Gasteiger partial charge on any atom is -0.507 e. The number of phenolic OH excluding ortho intramolecular Hbond substituents is 5. The van der Waals surface area contributed by atoms with E-state index < -0.39 is 6.09 Å². The number of likely N-dealkylation sites (tertiary alicyclic amines) is 3. The Kier molecular flexibility index (Phi) is 31.7. The summed E-state index contributed by atoms with van der Waals surface area (Å²) in [7, 11) is 0. The predicted molar refractivity (Wildman–Crippen MR) is 482 cm³/mol. The van der Waals surface area contributed by atoms with E-state index >= 15 is 0 Å². The first-order valence-electron chi connectivity index (χ1n) is 42.7. The van der Waals surface area contributed by atoms with Crippen molar-refractivity contribution in [2.45, 2.75) is 187 Å². The van der Waals surface area contributed by atoms with Gasteiger partial charge in [0.2, 0.25) is 0 Å². The Morgan fingerprint density at radius 3 is 1.41 bits per heavy atom. The Morgan fingerprint density at radius 1 is 0.451 bits per heavy atom. The molecule has 10 aromatic rings. The lowest BCUT2D eigenvalue weighted by molar-refractivity contribution is 0.145. The number of ether oxygens (including phenoxy) is 4. The van der Waals surface area contributed by atoms with Crippen molar-refractivity contribution in [1.82, 2.24) is 63.6 Å². The first-order valence-corrected chi connectivity index (χ1v) is 42.7. The van der Waals surface area contributed by atoms with Crippen LogP contribution in [0.3, 0.4) is 0 Å². The first kappa shape index (κ1) is 90.5. The van der Waals surface area contributed by atoms with Gasteiger partial charge in [0.25, 0.3) is 0 Å². The van der Waals surface area contributed by atoms with Crippen molar-refractivity contribution in [3.8, 4) is 46.0 Å². The zero-order valence-electron chi connectivity index (χ0n) is 72.4. The SMILES string of the molecule is C=Cc1c(O)cccc1CCN1CCCC1c1ccnn1C(C)C.C=Cc1c(O)cccc1NC(=O)N1CCCC1c1ccnn1C(C)C.C=Cc1c(O)cccc1OC(=O)N1CCCC1c1ccnn1C(C)C.C=Cc1c(O)cccc1OCC1CCCN1c1ccnn1C(C)C.C=Cc1c(O)cccc1OCC1COCC1c1ccnn1C(C)C. The molecule has 5 aromatic heterocycles. The number of carbonyl (C=O) groups excluding carboxylic acids is 2. The Labute approximate surface area is 717 Å². The molecule has 5 aliphatic rings. The Bertz CT molecular complexity index is 4720. The summed E-state index contributed by atoms with van der Waals surface area (Å²) in [5.74, 6) is 4.13. The highest BCUT2D eigenvalue weighted by atomic mass is 16.6. The summed E-state index contributed by atoms with van der Waals surface area (Å²) < 4.78 is 33.4. The van der Waals surface area contributed by atoms with E-state index in [0.717, 1.165) is 92.9 Å². The van der Waals surface area contributed by atoms with E-state index in [2.05, 4.69) is 181 Å². The fourth-order valence-corrected chi connectivity index (χ4v) is 17.0. The quantitative estimate of drug-likeness (QED) is 0.0294. The van der Waals surface area contributed by atoms with Gasteiger partial charge in [-0.2, -0.15) is 25.5 Å². The number of hydrogen-bond acceptors (Lipinski definition) is 18. The molecule has 0 radical (unpaired) electrons. The lowest BCUT2D eigenvalue weighted by atomic mass is 9.93. The molecule has 5 aromatic carbocycles. The lowest BCUT2D eigenvalue weighted by Crippen LogP contribution is -2.36. The van der Waals surface area contributed by atoms with Crippen molar-refractivity contribution in [3.05, 3.63) is 241 Å². The third-order valence-electron chi connectivity index (χ3n) is 22.9. The van der Waals surface area contributed by atoms with E-state index in [4.69, 9.17) is 18.9 Å². The van der Waals surface area contributed by atoms with Gasteiger partial charge in [-0.05, 0) is 218 Å². The van der Waals surface area contributed by atoms with Crippen LogP contribution < -0.4 is 24.4 Å². The Balaban J connectivity index is 0.000000149. The number of carbonyl (C=O) groups is 2. The van der Waals surface area contributed by atoms with Crippen LogP contribution in [-0.2, 0) is 11.2 Å². The third kappa shape index (κ3) is 21.5. The summed E-state index contributed by atoms with van der Waals surface area (Å²) >= 11 is 0. The Morgan fingerprint density at radius 2 is 0.869 bits per heavy atom. The zero-order valence-corrected chi connectivity index (χ0v) is 72.4. The molecule has 0 aliphatic carbocycles. The van der Waals surface area contributed by atoms with Gasteiger partial charge in [0.1, 0.15) is 58.4 Å². The van der Waals surface area contributed by atoms with Crippen LogP contribution in [0.1, 0.15) is 231 Å². The van der Waals surface area contributed by atoms with Crippen molar-refractivity contribution in [3.63, 3.8) is 0 Å². The van der Waals surface area contributed by atoms with E-state index in [9.17, 15) is 35.1 Å². The molecule has 26 nitrogen and oxygen atoms in total. The number of phenols is 5. The number of amides is 3. The summed E-state index contributed by atoms with van der Waals surface area (Å²) in [5.41, 5.74) is 9.38. The van der Waals surface area contributed by atoms with Gasteiger partial charge in [0.15, 0.2) is 0 Å². The van der Waals surface area contributed by atoms with Gasteiger partial charge in [-0.15, -0.1) is 0 Å². The number of rotatable bonds is 26. The second-order valence-electron chi connectivity index (χ2n) is 32.5. The Hall–Kier alpha value is -12.3. The number of urea groups is 1. The highest BCUT2D eigenvalue weighted by Crippen LogP contribution is 2.41. The maximum atomic E-state index is 12.9. The van der Waals surface area contributed by atoms with Crippen molar-refractivity contribution in [2.75, 3.05) is 69.4 Å². The maximum absolute atomic E-state index is 12.9. The molecule has 0 bridgehead atoms.